The van der Waals surface area contributed by atoms with Crippen molar-refractivity contribution >= 4 is 11.7 Å². The van der Waals surface area contributed by atoms with Crippen molar-refractivity contribution in [3.05, 3.63) is 24.3 Å². The molecule has 0 aliphatic heterocycles. The molecule has 0 radical (unpaired) electrons. The number of anilines is 1. The normalized spacial score (nSPS) is 22.6. The number of benzene rings is 1. The SMILES string of the molecule is COc1cccc(NC(=O)N[C@@H]2CCCC[C@H]2O)c1. The zero-order valence-corrected chi connectivity index (χ0v) is 11.1. The summed E-state index contributed by atoms with van der Waals surface area (Å²) in [4.78, 5) is 11.9. The quantitative estimate of drug-likeness (QED) is 0.783. The topological polar surface area (TPSA) is 70.6 Å². The van der Waals surface area contributed by atoms with Gasteiger partial charge in [0.25, 0.3) is 0 Å². The molecule has 0 unspecified atom stereocenters. The fraction of sp³-hybridized carbons (Fsp3) is 0.500. The number of aliphatic hydroxyl groups excluding tert-OH is 1. The maximum atomic E-state index is 11.9. The van der Waals surface area contributed by atoms with Crippen LogP contribution in [0.15, 0.2) is 24.3 Å². The van der Waals surface area contributed by atoms with Crippen molar-refractivity contribution in [1.82, 2.24) is 5.32 Å². The highest BCUT2D eigenvalue weighted by molar-refractivity contribution is 5.89. The van der Waals surface area contributed by atoms with Gasteiger partial charge in [0.1, 0.15) is 5.75 Å². The van der Waals surface area contributed by atoms with E-state index in [1.54, 1.807) is 19.2 Å². The predicted molar refractivity (Wildman–Crippen MR) is 73.4 cm³/mol. The van der Waals surface area contributed by atoms with Gasteiger partial charge in [0.05, 0.1) is 19.3 Å². The Morgan fingerprint density at radius 1 is 1.37 bits per heavy atom. The van der Waals surface area contributed by atoms with Crippen molar-refractivity contribution in [2.24, 2.45) is 0 Å². The van der Waals surface area contributed by atoms with E-state index in [0.717, 1.165) is 25.7 Å². The lowest BCUT2D eigenvalue weighted by Gasteiger charge is -2.28. The fourth-order valence-corrected chi connectivity index (χ4v) is 2.32. The van der Waals surface area contributed by atoms with Crippen LogP contribution in [0.1, 0.15) is 25.7 Å². The van der Waals surface area contributed by atoms with Crippen LogP contribution in [0.3, 0.4) is 0 Å². The molecule has 1 aromatic carbocycles. The number of methoxy groups -OCH3 is 1. The molecule has 1 aliphatic rings. The van der Waals surface area contributed by atoms with Gasteiger partial charge in [0.2, 0.25) is 0 Å². The summed E-state index contributed by atoms with van der Waals surface area (Å²) in [6, 6.07) is 6.72. The summed E-state index contributed by atoms with van der Waals surface area (Å²) in [5.41, 5.74) is 0.669. The van der Waals surface area contributed by atoms with Gasteiger partial charge in [0.15, 0.2) is 0 Å². The van der Waals surface area contributed by atoms with Gasteiger partial charge >= 0.3 is 6.03 Å². The molecule has 2 atom stereocenters. The molecule has 0 bridgehead atoms. The van der Waals surface area contributed by atoms with Crippen molar-refractivity contribution in [2.75, 3.05) is 12.4 Å². The molecule has 2 amide bonds. The zero-order chi connectivity index (χ0) is 13.7. The number of carbonyl (C=O) groups excluding carboxylic acids is 1. The van der Waals surface area contributed by atoms with Crippen LogP contribution in [0.5, 0.6) is 5.75 Å². The highest BCUT2D eigenvalue weighted by Gasteiger charge is 2.24. The van der Waals surface area contributed by atoms with E-state index in [0.29, 0.717) is 11.4 Å². The van der Waals surface area contributed by atoms with Crippen LogP contribution in [0.2, 0.25) is 0 Å². The summed E-state index contributed by atoms with van der Waals surface area (Å²) >= 11 is 0. The van der Waals surface area contributed by atoms with Crippen molar-refractivity contribution in [3.8, 4) is 5.75 Å². The standard InChI is InChI=1S/C14H20N2O3/c1-19-11-6-4-5-10(9-11)15-14(18)16-12-7-2-3-8-13(12)17/h4-6,9,12-13,17H,2-3,7-8H2,1H3,(H2,15,16,18)/t12-,13-/m1/s1. The fourth-order valence-electron chi connectivity index (χ4n) is 2.32. The first kappa shape index (κ1) is 13.7. The molecule has 3 N–H and O–H groups in total. The summed E-state index contributed by atoms with van der Waals surface area (Å²) in [5, 5.41) is 15.4. The van der Waals surface area contributed by atoms with Gasteiger partial charge in [-0.3, -0.25) is 0 Å². The Morgan fingerprint density at radius 3 is 2.89 bits per heavy atom. The smallest absolute Gasteiger partial charge is 0.319 e. The number of aliphatic hydroxyl groups is 1. The summed E-state index contributed by atoms with van der Waals surface area (Å²) < 4.78 is 5.09. The van der Waals surface area contributed by atoms with Gasteiger partial charge in [-0.15, -0.1) is 0 Å². The molecule has 104 valence electrons. The first-order chi connectivity index (χ1) is 9.19. The Balaban J connectivity index is 1.89. The summed E-state index contributed by atoms with van der Waals surface area (Å²) in [6.07, 6.45) is 3.21. The number of carbonyl (C=O) groups is 1. The molecule has 0 heterocycles. The molecule has 1 fully saturated rings. The van der Waals surface area contributed by atoms with E-state index < -0.39 is 6.10 Å². The Morgan fingerprint density at radius 2 is 2.16 bits per heavy atom. The number of hydrogen-bond acceptors (Lipinski definition) is 3. The first-order valence-corrected chi connectivity index (χ1v) is 6.58. The lowest BCUT2D eigenvalue weighted by Crippen LogP contribution is -2.46. The molecule has 5 nitrogen and oxygen atoms in total. The van der Waals surface area contributed by atoms with Crippen LogP contribution in [-0.4, -0.2) is 30.4 Å². The molecule has 5 heteroatoms. The highest BCUT2D eigenvalue weighted by atomic mass is 16.5. The number of rotatable bonds is 3. The predicted octanol–water partition coefficient (Wildman–Crippen LogP) is 2.12. The Bertz CT molecular complexity index is 436. The highest BCUT2D eigenvalue weighted by Crippen LogP contribution is 2.19. The lowest BCUT2D eigenvalue weighted by atomic mass is 9.93. The number of hydrogen-bond donors (Lipinski definition) is 3. The van der Waals surface area contributed by atoms with Gasteiger partial charge in [-0.05, 0) is 25.0 Å². The van der Waals surface area contributed by atoms with Crippen LogP contribution in [0.25, 0.3) is 0 Å². The molecule has 1 saturated carbocycles. The average Bonchev–Trinajstić information content (AvgIpc) is 2.41. The third-order valence-corrected chi connectivity index (χ3v) is 3.37. The van der Waals surface area contributed by atoms with Crippen LogP contribution in [0.4, 0.5) is 10.5 Å². The van der Waals surface area contributed by atoms with Crippen molar-refractivity contribution in [2.45, 2.75) is 37.8 Å². The number of nitrogens with one attached hydrogen (secondary N) is 2. The van der Waals surface area contributed by atoms with Gasteiger partial charge in [-0.2, -0.15) is 0 Å². The maximum absolute atomic E-state index is 11.9. The maximum Gasteiger partial charge on any atom is 0.319 e. The Kier molecular flexibility index (Phi) is 4.63. The summed E-state index contributed by atoms with van der Waals surface area (Å²) in [7, 11) is 1.58. The molecule has 19 heavy (non-hydrogen) atoms. The number of urea groups is 1. The minimum atomic E-state index is -0.440. The first-order valence-electron chi connectivity index (χ1n) is 6.58. The van der Waals surface area contributed by atoms with E-state index in [9.17, 15) is 9.90 Å². The molecular formula is C14H20N2O3. The monoisotopic (exact) mass is 264 g/mol. The van der Waals surface area contributed by atoms with Gasteiger partial charge < -0.3 is 20.5 Å². The third kappa shape index (κ3) is 3.86. The van der Waals surface area contributed by atoms with E-state index in [-0.39, 0.29) is 12.1 Å². The second kappa shape index (κ2) is 6.43. The Hall–Kier alpha value is -1.75. The van der Waals surface area contributed by atoms with Gasteiger partial charge in [-0.1, -0.05) is 18.9 Å². The van der Waals surface area contributed by atoms with Crippen LogP contribution in [0, 0.1) is 0 Å². The molecule has 0 spiro atoms. The number of ether oxygens (including phenoxy) is 1. The molecule has 1 aliphatic carbocycles. The Labute approximate surface area is 113 Å². The molecule has 0 saturated heterocycles. The molecule has 1 aromatic rings. The third-order valence-electron chi connectivity index (χ3n) is 3.37. The van der Waals surface area contributed by atoms with E-state index in [2.05, 4.69) is 10.6 Å². The largest absolute Gasteiger partial charge is 0.497 e. The minimum absolute atomic E-state index is 0.153. The number of amides is 2. The van der Waals surface area contributed by atoms with Gasteiger partial charge in [-0.25, -0.2) is 4.79 Å². The van der Waals surface area contributed by atoms with Crippen LogP contribution >= 0.6 is 0 Å². The second-order valence-electron chi connectivity index (χ2n) is 4.79. The van der Waals surface area contributed by atoms with E-state index >= 15 is 0 Å². The molecule has 0 aromatic heterocycles. The van der Waals surface area contributed by atoms with Crippen LogP contribution in [-0.2, 0) is 0 Å². The zero-order valence-electron chi connectivity index (χ0n) is 11.1. The van der Waals surface area contributed by atoms with E-state index in [1.807, 2.05) is 12.1 Å². The van der Waals surface area contributed by atoms with Crippen LogP contribution < -0.4 is 15.4 Å². The second-order valence-corrected chi connectivity index (χ2v) is 4.79. The lowest BCUT2D eigenvalue weighted by molar-refractivity contribution is 0.0955. The molecule has 2 rings (SSSR count). The summed E-state index contributed by atoms with van der Waals surface area (Å²) in [5.74, 6) is 0.690. The van der Waals surface area contributed by atoms with E-state index in [4.69, 9.17) is 4.74 Å². The van der Waals surface area contributed by atoms with Crippen molar-refractivity contribution in [1.29, 1.82) is 0 Å². The summed E-state index contributed by atoms with van der Waals surface area (Å²) in [6.45, 7) is 0. The molecular weight excluding hydrogens is 244 g/mol. The van der Waals surface area contributed by atoms with E-state index in [1.165, 1.54) is 0 Å². The van der Waals surface area contributed by atoms with Gasteiger partial charge in [0, 0.05) is 11.8 Å². The minimum Gasteiger partial charge on any atom is -0.497 e. The van der Waals surface area contributed by atoms with Crippen molar-refractivity contribution in [3.63, 3.8) is 0 Å². The van der Waals surface area contributed by atoms with Crippen molar-refractivity contribution < 1.29 is 14.6 Å². The average molecular weight is 264 g/mol.